The second-order valence-electron chi connectivity index (χ2n) is 7.35. The highest BCUT2D eigenvalue weighted by molar-refractivity contribution is 5.88. The first-order valence-electron chi connectivity index (χ1n) is 9.79. The predicted molar refractivity (Wildman–Crippen MR) is 108 cm³/mol. The Morgan fingerprint density at radius 2 is 1.58 bits per heavy atom. The molecular weight excluding hydrogens is 320 g/mol. The van der Waals surface area contributed by atoms with Gasteiger partial charge in [-0.05, 0) is 24.6 Å². The van der Waals surface area contributed by atoms with Gasteiger partial charge in [-0.25, -0.2) is 0 Å². The molecule has 26 heavy (non-hydrogen) atoms. The van der Waals surface area contributed by atoms with Gasteiger partial charge in [0.15, 0.2) is 0 Å². The molecule has 1 aliphatic rings. The fourth-order valence-electron chi connectivity index (χ4n) is 4.35. The molecular formula is C23H30N2O. The molecule has 3 heteroatoms. The van der Waals surface area contributed by atoms with Crippen molar-refractivity contribution in [2.75, 3.05) is 7.05 Å². The average Bonchev–Trinajstić information content (AvgIpc) is 2.70. The van der Waals surface area contributed by atoms with Crippen molar-refractivity contribution >= 4 is 5.71 Å². The number of hydrogen-bond donors (Lipinski definition) is 1. The van der Waals surface area contributed by atoms with Crippen LogP contribution in [0.1, 0.15) is 62.2 Å². The smallest absolute Gasteiger partial charge is 0.0639 e. The molecule has 1 fully saturated rings. The molecule has 1 N–H and O–H groups in total. The van der Waals surface area contributed by atoms with E-state index in [-0.39, 0.29) is 18.0 Å². The molecule has 0 amide bonds. The van der Waals surface area contributed by atoms with Crippen LogP contribution < -0.4 is 0 Å². The summed E-state index contributed by atoms with van der Waals surface area (Å²) in [6.45, 7) is 2.23. The van der Waals surface area contributed by atoms with Gasteiger partial charge in [-0.2, -0.15) is 0 Å². The lowest BCUT2D eigenvalue weighted by molar-refractivity contribution is 0.117. The summed E-state index contributed by atoms with van der Waals surface area (Å²) >= 11 is 0. The van der Waals surface area contributed by atoms with Crippen LogP contribution in [-0.2, 0) is 0 Å². The van der Waals surface area contributed by atoms with Crippen LogP contribution in [0.25, 0.3) is 0 Å². The Balaban J connectivity index is 1.97. The van der Waals surface area contributed by atoms with Crippen molar-refractivity contribution in [1.82, 2.24) is 4.90 Å². The minimum Gasteiger partial charge on any atom is -0.411 e. The van der Waals surface area contributed by atoms with E-state index in [1.54, 1.807) is 0 Å². The molecule has 0 radical (unpaired) electrons. The first-order chi connectivity index (χ1) is 12.8. The minimum atomic E-state index is 0.231. The van der Waals surface area contributed by atoms with Crippen molar-refractivity contribution in [2.24, 2.45) is 11.1 Å². The summed E-state index contributed by atoms with van der Waals surface area (Å²) in [5.74, 6) is 0.263. The maximum absolute atomic E-state index is 9.80. The van der Waals surface area contributed by atoms with Gasteiger partial charge in [0.05, 0.1) is 5.71 Å². The summed E-state index contributed by atoms with van der Waals surface area (Å²) in [5, 5.41) is 13.6. The highest BCUT2D eigenvalue weighted by atomic mass is 16.4. The topological polar surface area (TPSA) is 35.8 Å². The maximum Gasteiger partial charge on any atom is 0.0639 e. The van der Waals surface area contributed by atoms with E-state index in [9.17, 15) is 5.21 Å². The van der Waals surface area contributed by atoms with Gasteiger partial charge < -0.3 is 5.21 Å². The second kappa shape index (κ2) is 9.00. The molecule has 1 saturated heterocycles. The summed E-state index contributed by atoms with van der Waals surface area (Å²) in [5.41, 5.74) is 3.53. The molecule has 3 nitrogen and oxygen atoms in total. The average molecular weight is 351 g/mol. The normalized spacial score (nSPS) is 25.5. The third-order valence-corrected chi connectivity index (χ3v) is 5.71. The number of hydrogen-bond acceptors (Lipinski definition) is 3. The first kappa shape index (κ1) is 18.7. The summed E-state index contributed by atoms with van der Waals surface area (Å²) in [4.78, 5) is 2.48. The van der Waals surface area contributed by atoms with E-state index < -0.39 is 0 Å². The SMILES string of the molecule is CCCCC[C@H]1/C(=N/O)C[C@H](c2ccccc2)N(C)[C@@H]1c1ccccc1. The molecule has 0 aromatic heterocycles. The number of benzene rings is 2. The molecule has 0 aliphatic carbocycles. The van der Waals surface area contributed by atoms with Gasteiger partial charge in [0.25, 0.3) is 0 Å². The van der Waals surface area contributed by atoms with Gasteiger partial charge >= 0.3 is 0 Å². The summed E-state index contributed by atoms with van der Waals surface area (Å²) in [6.07, 6.45) is 5.46. The Kier molecular flexibility index (Phi) is 6.45. The van der Waals surface area contributed by atoms with Crippen LogP contribution in [-0.4, -0.2) is 22.9 Å². The van der Waals surface area contributed by atoms with E-state index in [4.69, 9.17) is 0 Å². The van der Waals surface area contributed by atoms with Crippen molar-refractivity contribution in [3.63, 3.8) is 0 Å². The molecule has 1 heterocycles. The Bertz CT molecular complexity index is 699. The molecule has 0 spiro atoms. The van der Waals surface area contributed by atoms with Crippen molar-refractivity contribution < 1.29 is 5.21 Å². The lowest BCUT2D eigenvalue weighted by Crippen LogP contribution is -2.43. The van der Waals surface area contributed by atoms with Crippen LogP contribution >= 0.6 is 0 Å². The number of rotatable bonds is 6. The largest absolute Gasteiger partial charge is 0.411 e. The van der Waals surface area contributed by atoms with Crippen LogP contribution in [0.4, 0.5) is 0 Å². The second-order valence-corrected chi connectivity index (χ2v) is 7.35. The highest BCUT2D eigenvalue weighted by Crippen LogP contribution is 2.44. The van der Waals surface area contributed by atoms with E-state index in [1.165, 1.54) is 30.4 Å². The van der Waals surface area contributed by atoms with Crippen molar-refractivity contribution in [2.45, 2.75) is 51.1 Å². The van der Waals surface area contributed by atoms with Crippen LogP contribution in [0.15, 0.2) is 65.8 Å². The predicted octanol–water partition coefficient (Wildman–Crippen LogP) is 5.83. The molecule has 0 bridgehead atoms. The van der Waals surface area contributed by atoms with E-state index in [1.807, 2.05) is 0 Å². The van der Waals surface area contributed by atoms with E-state index in [0.29, 0.717) is 0 Å². The van der Waals surface area contributed by atoms with Crippen molar-refractivity contribution in [1.29, 1.82) is 0 Å². The van der Waals surface area contributed by atoms with Gasteiger partial charge in [-0.3, -0.25) is 4.90 Å². The van der Waals surface area contributed by atoms with Crippen molar-refractivity contribution in [3.05, 3.63) is 71.8 Å². The fraction of sp³-hybridized carbons (Fsp3) is 0.435. The van der Waals surface area contributed by atoms with Crippen LogP contribution in [0.2, 0.25) is 0 Å². The van der Waals surface area contributed by atoms with Crippen LogP contribution in [0.3, 0.4) is 0 Å². The van der Waals surface area contributed by atoms with Gasteiger partial charge in [-0.1, -0.05) is 92.0 Å². The summed E-state index contributed by atoms with van der Waals surface area (Å²) in [6, 6.07) is 21.7. The molecule has 0 unspecified atom stereocenters. The Morgan fingerprint density at radius 1 is 0.962 bits per heavy atom. The summed E-state index contributed by atoms with van der Waals surface area (Å²) < 4.78 is 0. The van der Waals surface area contributed by atoms with Gasteiger partial charge in [0.2, 0.25) is 0 Å². The number of piperidine rings is 1. The number of likely N-dealkylation sites (tertiary alicyclic amines) is 1. The molecule has 138 valence electrons. The number of unbranched alkanes of at least 4 members (excludes halogenated alkanes) is 2. The van der Waals surface area contributed by atoms with Crippen molar-refractivity contribution in [3.8, 4) is 0 Å². The Hall–Kier alpha value is -2.13. The minimum absolute atomic E-state index is 0.231. The van der Waals surface area contributed by atoms with Gasteiger partial charge in [-0.15, -0.1) is 0 Å². The van der Waals surface area contributed by atoms with E-state index >= 15 is 0 Å². The zero-order chi connectivity index (χ0) is 18.4. The Morgan fingerprint density at radius 3 is 2.15 bits per heavy atom. The summed E-state index contributed by atoms with van der Waals surface area (Å²) in [7, 11) is 2.22. The highest BCUT2D eigenvalue weighted by Gasteiger charge is 2.40. The van der Waals surface area contributed by atoms with Gasteiger partial charge in [0.1, 0.15) is 0 Å². The third-order valence-electron chi connectivity index (χ3n) is 5.71. The third kappa shape index (κ3) is 3.99. The first-order valence-corrected chi connectivity index (χ1v) is 9.79. The standard InChI is InChI=1S/C23H30N2O/c1-3-4-7-16-20-21(24-26)17-22(18-12-8-5-9-13-18)25(2)23(20)19-14-10-6-11-15-19/h5-6,8-15,20,22-23,26H,3-4,7,16-17H2,1-2H3/b24-21+/t20-,22+,23+/m0/s1. The lowest BCUT2D eigenvalue weighted by atomic mass is 9.76. The van der Waals surface area contributed by atoms with Gasteiger partial charge in [0, 0.05) is 24.4 Å². The zero-order valence-corrected chi connectivity index (χ0v) is 15.9. The molecule has 1 aliphatic heterocycles. The van der Waals surface area contributed by atoms with Crippen LogP contribution in [0, 0.1) is 5.92 Å². The molecule has 0 saturated carbocycles. The Labute approximate surface area is 157 Å². The lowest BCUT2D eigenvalue weighted by Gasteiger charge is -2.45. The number of oxime groups is 1. The molecule has 3 rings (SSSR count). The molecule has 2 aromatic carbocycles. The maximum atomic E-state index is 9.80. The van der Waals surface area contributed by atoms with E-state index in [0.717, 1.165) is 18.6 Å². The monoisotopic (exact) mass is 350 g/mol. The zero-order valence-electron chi connectivity index (χ0n) is 15.9. The molecule has 3 atom stereocenters. The fourth-order valence-corrected chi connectivity index (χ4v) is 4.35. The van der Waals surface area contributed by atoms with Crippen LogP contribution in [0.5, 0.6) is 0 Å². The quantitative estimate of drug-likeness (QED) is 0.404. The van der Waals surface area contributed by atoms with E-state index in [2.05, 4.69) is 84.7 Å². The number of nitrogens with zero attached hydrogens (tertiary/aromatic N) is 2. The molecule has 2 aromatic rings.